The van der Waals surface area contributed by atoms with Crippen LogP contribution in [0.4, 0.5) is 0 Å². The molecule has 0 saturated carbocycles. The Labute approximate surface area is 224 Å². The van der Waals surface area contributed by atoms with Crippen molar-refractivity contribution in [2.24, 2.45) is 5.92 Å². The van der Waals surface area contributed by atoms with Crippen molar-refractivity contribution in [3.8, 4) is 0 Å². The molecule has 0 radical (unpaired) electrons. The molecule has 0 saturated heterocycles. The minimum atomic E-state index is -0.403. The Morgan fingerprint density at radius 1 is 1.03 bits per heavy atom. The van der Waals surface area contributed by atoms with E-state index in [9.17, 15) is 9.59 Å². The van der Waals surface area contributed by atoms with Crippen LogP contribution in [0.2, 0.25) is 0 Å². The van der Waals surface area contributed by atoms with E-state index in [0.717, 1.165) is 24.8 Å². The first-order valence-electron chi connectivity index (χ1n) is 13.5. The summed E-state index contributed by atoms with van der Waals surface area (Å²) in [5.41, 5.74) is 1.68. The fourth-order valence-electron chi connectivity index (χ4n) is 2.50. The molecule has 6 nitrogen and oxygen atoms in total. The lowest BCUT2D eigenvalue weighted by Gasteiger charge is -2.18. The number of hydrogen-bond acceptors (Lipinski definition) is 5. The molecule has 0 fully saturated rings. The maximum atomic E-state index is 10.7. The van der Waals surface area contributed by atoms with Crippen LogP contribution < -0.4 is 0 Å². The third-order valence-electron chi connectivity index (χ3n) is 4.41. The van der Waals surface area contributed by atoms with Crippen molar-refractivity contribution >= 4 is 18.1 Å². The van der Waals surface area contributed by atoms with Crippen molar-refractivity contribution in [2.45, 2.75) is 108 Å². The van der Waals surface area contributed by atoms with Crippen molar-refractivity contribution in [1.82, 2.24) is 4.90 Å². The molecule has 0 spiro atoms. The highest BCUT2D eigenvalue weighted by Gasteiger charge is 2.10. The molecule has 36 heavy (non-hydrogen) atoms. The molecular formula is C30H60N2O4. The van der Waals surface area contributed by atoms with Gasteiger partial charge in [0, 0.05) is 12.8 Å². The molecule has 0 heterocycles. The molecule has 0 bridgehead atoms. The Kier molecular flexibility index (Phi) is 45.1. The lowest BCUT2D eigenvalue weighted by molar-refractivity contribution is -0.135. The lowest BCUT2D eigenvalue weighted by atomic mass is 9.92. The van der Waals surface area contributed by atoms with Gasteiger partial charge in [-0.2, -0.15) is 0 Å². The first kappa shape index (κ1) is 43.7. The molecule has 0 aromatic rings. The standard InChI is InChI=1S/C12H24N2O.C10H16O3.C4H8.2C2H6/c1-4-6-11(7-5-2)8-12(13)9-14(3)10-15;1-5-8(2)7-13-9(3)6-10(11)12-4;1-3-4-2;2*1-2/h10-11,13H,4-9H2,1-3H3;6H,2,5,7H2,1,3-4H3;3-4H,1-2H3;2*1-2H3/b;9-6-;4-3-;;. The zero-order valence-electron chi connectivity index (χ0n) is 25.8. The summed E-state index contributed by atoms with van der Waals surface area (Å²) >= 11 is 0. The number of carbonyl (C=O) groups excluding carboxylic acids is 2. The molecule has 0 aromatic heterocycles. The van der Waals surface area contributed by atoms with Gasteiger partial charge < -0.3 is 19.8 Å². The summed E-state index contributed by atoms with van der Waals surface area (Å²) in [7, 11) is 3.05. The van der Waals surface area contributed by atoms with E-state index in [1.54, 1.807) is 14.0 Å². The highest BCUT2D eigenvalue weighted by Crippen LogP contribution is 2.18. The van der Waals surface area contributed by atoms with Crippen LogP contribution in [0.5, 0.6) is 0 Å². The van der Waals surface area contributed by atoms with Crippen LogP contribution in [0.1, 0.15) is 108 Å². The van der Waals surface area contributed by atoms with Crippen LogP contribution in [0.15, 0.2) is 36.1 Å². The molecule has 0 aliphatic rings. The quantitative estimate of drug-likeness (QED) is 0.0633. The van der Waals surface area contributed by atoms with Gasteiger partial charge in [0.15, 0.2) is 0 Å². The monoisotopic (exact) mass is 512 g/mol. The van der Waals surface area contributed by atoms with E-state index in [1.165, 1.54) is 43.8 Å². The van der Waals surface area contributed by atoms with Gasteiger partial charge in [0.25, 0.3) is 0 Å². The molecule has 0 rings (SSSR count). The van der Waals surface area contributed by atoms with E-state index in [1.807, 2.05) is 60.6 Å². The number of allylic oxidation sites excluding steroid dienone is 3. The number of amides is 1. The number of nitrogens with zero attached hydrogens (tertiary/aromatic N) is 1. The molecule has 0 aromatic carbocycles. The van der Waals surface area contributed by atoms with E-state index in [2.05, 4.69) is 25.2 Å². The molecule has 6 heteroatoms. The third-order valence-corrected chi connectivity index (χ3v) is 4.41. The summed E-state index contributed by atoms with van der Waals surface area (Å²) in [6, 6.07) is 0. The molecule has 0 aliphatic carbocycles. The van der Waals surface area contributed by atoms with E-state index in [0.29, 0.717) is 30.5 Å². The fourth-order valence-corrected chi connectivity index (χ4v) is 2.50. The van der Waals surface area contributed by atoms with E-state index in [4.69, 9.17) is 10.1 Å². The topological polar surface area (TPSA) is 79.7 Å². The Hall–Kier alpha value is -2.37. The number of carbonyl (C=O) groups is 2. The second kappa shape index (κ2) is 37.2. The van der Waals surface area contributed by atoms with E-state index >= 15 is 0 Å². The zero-order valence-corrected chi connectivity index (χ0v) is 25.8. The first-order valence-corrected chi connectivity index (χ1v) is 13.5. The number of nitrogens with one attached hydrogen (secondary N) is 1. The van der Waals surface area contributed by atoms with Gasteiger partial charge in [-0.15, -0.1) is 0 Å². The van der Waals surface area contributed by atoms with Crippen molar-refractivity contribution in [3.05, 3.63) is 36.1 Å². The lowest BCUT2D eigenvalue weighted by Crippen LogP contribution is -2.25. The Balaban J connectivity index is -0.000000139. The SMILES string of the molecule is C/C=C\C.C=C(CC)CO/C(C)=C\C(=O)OC.CC.CC.CCCC(CCC)CC(=N)CN(C)C=O. The molecular weight excluding hydrogens is 452 g/mol. The number of hydrogen-bond donors (Lipinski definition) is 1. The van der Waals surface area contributed by atoms with E-state index < -0.39 is 5.97 Å². The van der Waals surface area contributed by atoms with Gasteiger partial charge in [0.1, 0.15) is 12.4 Å². The van der Waals surface area contributed by atoms with E-state index in [-0.39, 0.29) is 0 Å². The molecule has 0 atom stereocenters. The van der Waals surface area contributed by atoms with Gasteiger partial charge in [0.2, 0.25) is 6.41 Å². The van der Waals surface area contributed by atoms with Gasteiger partial charge in [0.05, 0.1) is 19.7 Å². The van der Waals surface area contributed by atoms with Gasteiger partial charge in [-0.1, -0.05) is 92.9 Å². The largest absolute Gasteiger partial charge is 0.494 e. The second-order valence-corrected chi connectivity index (χ2v) is 7.61. The van der Waals surface area contributed by atoms with Gasteiger partial charge in [-0.05, 0) is 45.1 Å². The number of methoxy groups -OCH3 is 1. The molecule has 214 valence electrons. The molecule has 1 amide bonds. The zero-order chi connectivity index (χ0) is 29.4. The summed E-state index contributed by atoms with van der Waals surface area (Å²) in [5, 5.41) is 7.81. The van der Waals surface area contributed by atoms with Crippen LogP contribution in [0, 0.1) is 11.3 Å². The smallest absolute Gasteiger partial charge is 0.333 e. The third kappa shape index (κ3) is 38.9. The Bertz CT molecular complexity index is 559. The second-order valence-electron chi connectivity index (χ2n) is 7.61. The van der Waals surface area contributed by atoms with Crippen LogP contribution in [-0.4, -0.2) is 50.3 Å². The van der Waals surface area contributed by atoms with Crippen molar-refractivity contribution in [1.29, 1.82) is 5.41 Å². The van der Waals surface area contributed by atoms with Crippen LogP contribution in [-0.2, 0) is 19.1 Å². The molecule has 1 N–H and O–H groups in total. The van der Waals surface area contributed by atoms with Gasteiger partial charge >= 0.3 is 5.97 Å². The van der Waals surface area contributed by atoms with Crippen molar-refractivity contribution in [2.75, 3.05) is 27.3 Å². The number of rotatable bonds is 14. The molecule has 0 aliphatic heterocycles. The average molecular weight is 513 g/mol. The predicted octanol–water partition coefficient (Wildman–Crippen LogP) is 8.38. The highest BCUT2D eigenvalue weighted by atomic mass is 16.5. The summed E-state index contributed by atoms with van der Waals surface area (Å²) in [6.45, 7) is 24.8. The fraction of sp³-hybridized carbons (Fsp3) is 0.700. The van der Waals surface area contributed by atoms with Crippen LogP contribution in [0.3, 0.4) is 0 Å². The predicted molar refractivity (Wildman–Crippen MR) is 159 cm³/mol. The first-order chi connectivity index (χ1) is 17.1. The normalized spacial score (nSPS) is 9.64. The van der Waals surface area contributed by atoms with Crippen molar-refractivity contribution < 1.29 is 19.1 Å². The summed E-state index contributed by atoms with van der Waals surface area (Å²) in [5.74, 6) is 0.772. The molecule has 0 unspecified atom stereocenters. The number of ether oxygens (including phenoxy) is 2. The maximum Gasteiger partial charge on any atom is 0.333 e. The Morgan fingerprint density at radius 3 is 1.83 bits per heavy atom. The minimum Gasteiger partial charge on any atom is -0.494 e. The van der Waals surface area contributed by atoms with Crippen LogP contribution in [0.25, 0.3) is 0 Å². The van der Waals surface area contributed by atoms with Gasteiger partial charge in [-0.3, -0.25) is 4.79 Å². The van der Waals surface area contributed by atoms with Crippen LogP contribution >= 0.6 is 0 Å². The summed E-state index contributed by atoms with van der Waals surface area (Å²) < 4.78 is 9.66. The average Bonchev–Trinajstić information content (AvgIpc) is 2.90. The minimum absolute atomic E-state index is 0.403. The van der Waals surface area contributed by atoms with Crippen molar-refractivity contribution in [3.63, 3.8) is 0 Å². The van der Waals surface area contributed by atoms with Gasteiger partial charge in [-0.25, -0.2) is 4.79 Å². The Morgan fingerprint density at radius 2 is 1.50 bits per heavy atom. The summed E-state index contributed by atoms with van der Waals surface area (Å²) in [4.78, 5) is 22.7. The maximum absolute atomic E-state index is 10.7. The number of esters is 1. The summed E-state index contributed by atoms with van der Waals surface area (Å²) in [6.07, 6.45) is 12.6. The highest BCUT2D eigenvalue weighted by molar-refractivity contribution is 5.84.